The topological polar surface area (TPSA) is 75.7 Å². The third kappa shape index (κ3) is 3.42. The molecule has 7 heteroatoms. The van der Waals surface area contributed by atoms with Gasteiger partial charge in [0.15, 0.2) is 0 Å². The van der Waals surface area contributed by atoms with Crippen LogP contribution in [-0.2, 0) is 4.79 Å². The maximum Gasteiger partial charge on any atom is 0.264 e. The number of carbonyl (C=O) groups is 3. The lowest BCUT2D eigenvalue weighted by Gasteiger charge is -2.13. The third-order valence-electron chi connectivity index (χ3n) is 3.96. The molecule has 0 radical (unpaired) electrons. The molecule has 0 atom stereocenters. The summed E-state index contributed by atoms with van der Waals surface area (Å²) < 4.78 is 19.1. The zero-order valence-electron chi connectivity index (χ0n) is 14.1. The minimum Gasteiger partial charge on any atom is -0.494 e. The number of hydrogen-bond donors (Lipinski definition) is 1. The van der Waals surface area contributed by atoms with Crippen LogP contribution < -0.4 is 10.1 Å². The highest BCUT2D eigenvalue weighted by molar-refractivity contribution is 6.21. The van der Waals surface area contributed by atoms with Crippen molar-refractivity contribution in [3.8, 4) is 5.75 Å². The Morgan fingerprint density at radius 1 is 1.12 bits per heavy atom. The number of nitrogens with one attached hydrogen (secondary N) is 1. The predicted octanol–water partition coefficient (Wildman–Crippen LogP) is 2.85. The van der Waals surface area contributed by atoms with Crippen LogP contribution in [0.2, 0.25) is 0 Å². The van der Waals surface area contributed by atoms with Gasteiger partial charge in [-0.2, -0.15) is 0 Å². The van der Waals surface area contributed by atoms with E-state index in [9.17, 15) is 18.8 Å². The number of halogens is 1. The highest BCUT2D eigenvalue weighted by atomic mass is 19.1. The van der Waals surface area contributed by atoms with Crippen molar-refractivity contribution in [2.24, 2.45) is 0 Å². The number of benzene rings is 2. The van der Waals surface area contributed by atoms with E-state index in [0.29, 0.717) is 18.0 Å². The summed E-state index contributed by atoms with van der Waals surface area (Å²) in [6.45, 7) is 2.31. The Morgan fingerprint density at radius 2 is 1.85 bits per heavy atom. The average molecular weight is 356 g/mol. The Balaban J connectivity index is 1.59. The quantitative estimate of drug-likeness (QED) is 0.808. The molecule has 2 aromatic carbocycles. The Labute approximate surface area is 149 Å². The van der Waals surface area contributed by atoms with Gasteiger partial charge in [-0.3, -0.25) is 19.3 Å². The molecular formula is C19H17FN2O4. The van der Waals surface area contributed by atoms with Crippen molar-refractivity contribution in [2.45, 2.75) is 13.3 Å². The smallest absolute Gasteiger partial charge is 0.264 e. The van der Waals surface area contributed by atoms with E-state index in [1.807, 2.05) is 6.92 Å². The van der Waals surface area contributed by atoms with Gasteiger partial charge in [-0.1, -0.05) is 6.07 Å². The van der Waals surface area contributed by atoms with Crippen molar-refractivity contribution in [2.75, 3.05) is 18.5 Å². The van der Waals surface area contributed by atoms with E-state index < -0.39 is 17.6 Å². The number of carbonyl (C=O) groups excluding carboxylic acids is 3. The first-order chi connectivity index (χ1) is 12.5. The van der Waals surface area contributed by atoms with Gasteiger partial charge in [0.25, 0.3) is 11.8 Å². The number of amides is 3. The number of fused-ring (bicyclic) bond motifs is 1. The fourth-order valence-corrected chi connectivity index (χ4v) is 2.73. The van der Waals surface area contributed by atoms with Gasteiger partial charge in [-0.05, 0) is 43.3 Å². The first kappa shape index (κ1) is 17.6. The van der Waals surface area contributed by atoms with Crippen LogP contribution in [0.25, 0.3) is 0 Å². The highest BCUT2D eigenvalue weighted by Gasteiger charge is 2.37. The molecule has 0 fully saturated rings. The number of nitrogens with zero attached hydrogens (tertiary/aromatic N) is 1. The van der Waals surface area contributed by atoms with E-state index in [1.54, 1.807) is 24.3 Å². The van der Waals surface area contributed by atoms with Crippen LogP contribution >= 0.6 is 0 Å². The fraction of sp³-hybridized carbons (Fsp3) is 0.211. The van der Waals surface area contributed by atoms with Crippen LogP contribution in [0.1, 0.15) is 34.1 Å². The van der Waals surface area contributed by atoms with E-state index in [-0.39, 0.29) is 30.0 Å². The average Bonchev–Trinajstić information content (AvgIpc) is 2.87. The van der Waals surface area contributed by atoms with Crippen molar-refractivity contribution in [1.82, 2.24) is 4.90 Å². The number of imide groups is 1. The summed E-state index contributed by atoms with van der Waals surface area (Å²) in [6, 6.07) is 10.8. The van der Waals surface area contributed by atoms with Crippen LogP contribution in [0.5, 0.6) is 5.75 Å². The van der Waals surface area contributed by atoms with Gasteiger partial charge in [-0.25, -0.2) is 4.39 Å². The molecule has 0 aromatic heterocycles. The normalized spacial score (nSPS) is 12.9. The van der Waals surface area contributed by atoms with E-state index >= 15 is 0 Å². The van der Waals surface area contributed by atoms with Crippen molar-refractivity contribution in [1.29, 1.82) is 0 Å². The SMILES string of the molecule is CCOc1ccc(NC(=O)CCN2C(=O)c3cccc(F)c3C2=O)cc1. The molecule has 1 aliphatic heterocycles. The largest absolute Gasteiger partial charge is 0.494 e. The molecule has 134 valence electrons. The summed E-state index contributed by atoms with van der Waals surface area (Å²) in [5, 5.41) is 2.68. The van der Waals surface area contributed by atoms with E-state index in [2.05, 4.69) is 5.32 Å². The summed E-state index contributed by atoms with van der Waals surface area (Å²) in [6.07, 6.45) is -0.0830. The lowest BCUT2D eigenvalue weighted by molar-refractivity contribution is -0.116. The Morgan fingerprint density at radius 3 is 2.50 bits per heavy atom. The third-order valence-corrected chi connectivity index (χ3v) is 3.96. The van der Waals surface area contributed by atoms with Gasteiger partial charge in [0.2, 0.25) is 5.91 Å². The second-order valence-corrected chi connectivity index (χ2v) is 5.68. The molecule has 1 heterocycles. The Bertz CT molecular complexity index is 864. The maximum absolute atomic E-state index is 13.8. The second kappa shape index (κ2) is 7.35. The monoisotopic (exact) mass is 356 g/mol. The van der Waals surface area contributed by atoms with Gasteiger partial charge < -0.3 is 10.1 Å². The molecular weight excluding hydrogens is 339 g/mol. The first-order valence-electron chi connectivity index (χ1n) is 8.18. The van der Waals surface area contributed by atoms with Gasteiger partial charge >= 0.3 is 0 Å². The second-order valence-electron chi connectivity index (χ2n) is 5.68. The van der Waals surface area contributed by atoms with Crippen molar-refractivity contribution < 1.29 is 23.5 Å². The minimum atomic E-state index is -0.734. The number of rotatable bonds is 6. The summed E-state index contributed by atoms with van der Waals surface area (Å²) in [5.41, 5.74) is 0.373. The number of hydrogen-bond acceptors (Lipinski definition) is 4. The molecule has 6 nitrogen and oxygen atoms in total. The van der Waals surface area contributed by atoms with Gasteiger partial charge in [0.05, 0.1) is 17.7 Å². The highest BCUT2D eigenvalue weighted by Crippen LogP contribution is 2.25. The van der Waals surface area contributed by atoms with Crippen LogP contribution in [0.3, 0.4) is 0 Å². The lowest BCUT2D eigenvalue weighted by atomic mass is 10.1. The van der Waals surface area contributed by atoms with Crippen molar-refractivity contribution in [3.63, 3.8) is 0 Å². The molecule has 0 saturated heterocycles. The van der Waals surface area contributed by atoms with Crippen LogP contribution in [0.15, 0.2) is 42.5 Å². The molecule has 0 saturated carbocycles. The molecule has 2 aromatic rings. The summed E-state index contributed by atoms with van der Waals surface area (Å²) in [7, 11) is 0. The number of ether oxygens (including phenoxy) is 1. The van der Waals surface area contributed by atoms with Crippen LogP contribution in [0, 0.1) is 5.82 Å². The number of anilines is 1. The molecule has 0 bridgehead atoms. The van der Waals surface area contributed by atoms with Crippen molar-refractivity contribution in [3.05, 3.63) is 59.4 Å². The molecule has 0 unspecified atom stereocenters. The Kier molecular flexibility index (Phi) is 4.97. The summed E-state index contributed by atoms with van der Waals surface area (Å²) >= 11 is 0. The molecule has 3 amide bonds. The summed E-state index contributed by atoms with van der Waals surface area (Å²) in [4.78, 5) is 37.4. The van der Waals surface area contributed by atoms with Crippen LogP contribution in [-0.4, -0.2) is 35.8 Å². The van der Waals surface area contributed by atoms with E-state index in [4.69, 9.17) is 4.74 Å². The molecule has 26 heavy (non-hydrogen) atoms. The van der Waals surface area contributed by atoms with E-state index in [1.165, 1.54) is 12.1 Å². The lowest BCUT2D eigenvalue weighted by Crippen LogP contribution is -2.33. The molecule has 0 spiro atoms. The minimum absolute atomic E-state index is 0.0296. The molecule has 0 aliphatic carbocycles. The standard InChI is InChI=1S/C19H17FN2O4/c1-2-26-13-8-6-12(7-9-13)21-16(23)10-11-22-18(24)14-4-3-5-15(20)17(14)19(22)25/h3-9H,2,10-11H2,1H3,(H,21,23). The van der Waals surface area contributed by atoms with E-state index in [0.717, 1.165) is 11.0 Å². The maximum atomic E-state index is 13.8. The zero-order chi connectivity index (χ0) is 18.7. The van der Waals surface area contributed by atoms with Crippen molar-refractivity contribution >= 4 is 23.4 Å². The molecule has 1 aliphatic rings. The van der Waals surface area contributed by atoms with Gasteiger partial charge in [-0.15, -0.1) is 0 Å². The van der Waals surface area contributed by atoms with Gasteiger partial charge in [0.1, 0.15) is 11.6 Å². The molecule has 1 N–H and O–H groups in total. The molecule has 3 rings (SSSR count). The summed E-state index contributed by atoms with van der Waals surface area (Å²) in [5.74, 6) is -1.69. The zero-order valence-corrected chi connectivity index (χ0v) is 14.1. The van der Waals surface area contributed by atoms with Crippen LogP contribution in [0.4, 0.5) is 10.1 Å². The predicted molar refractivity (Wildman–Crippen MR) is 92.6 cm³/mol. The Hall–Kier alpha value is -3.22. The fourth-order valence-electron chi connectivity index (χ4n) is 2.73. The van der Waals surface area contributed by atoms with Gasteiger partial charge in [0, 0.05) is 18.7 Å². The first-order valence-corrected chi connectivity index (χ1v) is 8.18.